The third-order valence-electron chi connectivity index (χ3n) is 2.00. The van der Waals surface area contributed by atoms with Crippen LogP contribution in [0.2, 0.25) is 0 Å². The Kier molecular flexibility index (Phi) is 8.76. The highest BCUT2D eigenvalue weighted by atomic mass is 16.6. The Morgan fingerprint density at radius 3 is 1.58 bits per heavy atom. The molecule has 0 saturated carbocycles. The van der Waals surface area contributed by atoms with Gasteiger partial charge in [0.1, 0.15) is 13.1 Å². The first-order valence-electron chi connectivity index (χ1n) is 6.24. The third kappa shape index (κ3) is 10.3. The van der Waals surface area contributed by atoms with Crippen LogP contribution in [0.4, 0.5) is 0 Å². The van der Waals surface area contributed by atoms with Gasteiger partial charge in [0.2, 0.25) is 5.78 Å². The molecule has 0 aliphatic rings. The standard InChI is InChI=1S/C11H16N6O7/c12-10(13)16-3-7(20)23-6(19)2-1-5(18)9(22)24-8(21)4-17-11(14)15/h1-4H2,(H4,12,13,16)(H4,14,15,17). The average molecular weight is 344 g/mol. The van der Waals surface area contributed by atoms with Crippen molar-refractivity contribution in [1.29, 1.82) is 0 Å². The van der Waals surface area contributed by atoms with Crippen molar-refractivity contribution in [2.24, 2.45) is 32.9 Å². The minimum Gasteiger partial charge on any atom is -0.392 e. The predicted octanol–water partition coefficient (Wildman–Crippen LogP) is -3.98. The first kappa shape index (κ1) is 20.5. The van der Waals surface area contributed by atoms with E-state index in [1.54, 1.807) is 0 Å². The molecule has 24 heavy (non-hydrogen) atoms. The zero-order chi connectivity index (χ0) is 18.7. The van der Waals surface area contributed by atoms with Crippen molar-refractivity contribution < 1.29 is 33.4 Å². The second-order valence-electron chi connectivity index (χ2n) is 4.01. The Labute approximate surface area is 135 Å². The number of guanidine groups is 2. The highest BCUT2D eigenvalue weighted by Crippen LogP contribution is 1.98. The molecule has 0 aliphatic heterocycles. The molecule has 0 atom stereocenters. The van der Waals surface area contributed by atoms with Crippen molar-refractivity contribution in [3.05, 3.63) is 0 Å². The number of carbonyl (C=O) groups is 5. The maximum Gasteiger partial charge on any atom is 0.382 e. The molecule has 0 aromatic heterocycles. The average Bonchev–Trinajstić information content (AvgIpc) is 2.48. The monoisotopic (exact) mass is 344 g/mol. The fraction of sp³-hybridized carbons (Fsp3) is 0.364. The Bertz CT molecular complexity index is 590. The quantitative estimate of drug-likeness (QED) is 0.109. The highest BCUT2D eigenvalue weighted by Gasteiger charge is 2.21. The van der Waals surface area contributed by atoms with Gasteiger partial charge in [-0.3, -0.25) is 9.59 Å². The second kappa shape index (κ2) is 10.3. The molecule has 13 heteroatoms. The molecule has 8 N–H and O–H groups in total. The molecule has 0 aromatic carbocycles. The number of nitrogens with zero attached hydrogens (tertiary/aromatic N) is 2. The third-order valence-corrected chi connectivity index (χ3v) is 2.00. The number of carbonyl (C=O) groups excluding carboxylic acids is 5. The summed E-state index contributed by atoms with van der Waals surface area (Å²) in [6.45, 7) is -1.23. The van der Waals surface area contributed by atoms with Gasteiger partial charge in [-0.1, -0.05) is 0 Å². The van der Waals surface area contributed by atoms with Gasteiger partial charge in [-0.2, -0.15) is 0 Å². The van der Waals surface area contributed by atoms with E-state index in [1.165, 1.54) is 0 Å². The van der Waals surface area contributed by atoms with Gasteiger partial charge in [-0.05, 0) is 0 Å². The van der Waals surface area contributed by atoms with Crippen LogP contribution in [0.15, 0.2) is 9.98 Å². The number of hydrogen-bond acceptors (Lipinski definition) is 9. The number of Topliss-reactive ketones (excluding diaryl/α,β-unsaturated/α-hetero) is 1. The van der Waals surface area contributed by atoms with E-state index in [9.17, 15) is 24.0 Å². The maximum absolute atomic E-state index is 11.4. The van der Waals surface area contributed by atoms with E-state index in [0.29, 0.717) is 0 Å². The number of aliphatic imine (C=N–C) groups is 2. The summed E-state index contributed by atoms with van der Waals surface area (Å²) >= 11 is 0. The molecular formula is C11H16N6O7. The molecule has 0 spiro atoms. The zero-order valence-electron chi connectivity index (χ0n) is 12.4. The van der Waals surface area contributed by atoms with E-state index >= 15 is 0 Å². The van der Waals surface area contributed by atoms with Crippen LogP contribution in [-0.4, -0.2) is 54.7 Å². The van der Waals surface area contributed by atoms with Gasteiger partial charge < -0.3 is 32.4 Å². The molecule has 0 unspecified atom stereocenters. The summed E-state index contributed by atoms with van der Waals surface area (Å²) in [5.74, 6) is -6.74. The molecule has 0 bridgehead atoms. The number of ketones is 1. The fourth-order valence-corrected chi connectivity index (χ4v) is 1.03. The summed E-state index contributed by atoms with van der Waals surface area (Å²) < 4.78 is 8.39. The first-order chi connectivity index (χ1) is 11.1. The van der Waals surface area contributed by atoms with Crippen LogP contribution in [0.3, 0.4) is 0 Å². The minimum atomic E-state index is -1.49. The van der Waals surface area contributed by atoms with Crippen LogP contribution in [-0.2, 0) is 33.4 Å². The highest BCUT2D eigenvalue weighted by molar-refractivity contribution is 6.35. The number of esters is 4. The van der Waals surface area contributed by atoms with E-state index < -0.39 is 61.6 Å². The summed E-state index contributed by atoms with van der Waals surface area (Å²) in [6.07, 6.45) is -1.23. The van der Waals surface area contributed by atoms with E-state index in [-0.39, 0.29) is 5.96 Å². The van der Waals surface area contributed by atoms with Crippen molar-refractivity contribution in [1.82, 2.24) is 0 Å². The largest absolute Gasteiger partial charge is 0.392 e. The molecule has 0 radical (unpaired) electrons. The lowest BCUT2D eigenvalue weighted by atomic mass is 10.2. The van der Waals surface area contributed by atoms with Crippen molar-refractivity contribution in [2.75, 3.05) is 13.1 Å². The molecule has 0 aromatic rings. The van der Waals surface area contributed by atoms with Gasteiger partial charge in [-0.15, -0.1) is 0 Å². The van der Waals surface area contributed by atoms with Crippen LogP contribution in [0, 0.1) is 0 Å². The number of ether oxygens (including phenoxy) is 2. The van der Waals surface area contributed by atoms with Crippen LogP contribution in [0.5, 0.6) is 0 Å². The summed E-state index contributed by atoms with van der Waals surface area (Å²) in [5.41, 5.74) is 19.9. The van der Waals surface area contributed by atoms with Gasteiger partial charge in [0.05, 0.1) is 6.42 Å². The Morgan fingerprint density at radius 1 is 0.667 bits per heavy atom. The van der Waals surface area contributed by atoms with Crippen molar-refractivity contribution in [3.63, 3.8) is 0 Å². The van der Waals surface area contributed by atoms with Gasteiger partial charge >= 0.3 is 23.9 Å². The lowest BCUT2D eigenvalue weighted by molar-refractivity contribution is -0.163. The van der Waals surface area contributed by atoms with Gasteiger partial charge in [-0.25, -0.2) is 24.4 Å². The molecule has 0 saturated heterocycles. The van der Waals surface area contributed by atoms with Gasteiger partial charge in [0, 0.05) is 6.42 Å². The van der Waals surface area contributed by atoms with Crippen LogP contribution < -0.4 is 22.9 Å². The molecule has 0 fully saturated rings. The fourth-order valence-electron chi connectivity index (χ4n) is 1.03. The van der Waals surface area contributed by atoms with E-state index in [4.69, 9.17) is 22.9 Å². The SMILES string of the molecule is NC(N)=NCC(=O)OC(=O)CCC(=O)C(=O)OC(=O)CN=C(N)N. The molecular weight excluding hydrogens is 328 g/mol. The molecule has 13 nitrogen and oxygen atoms in total. The Morgan fingerprint density at radius 2 is 1.12 bits per heavy atom. The van der Waals surface area contributed by atoms with Gasteiger partial charge in [0.25, 0.3) is 0 Å². The Balaban J connectivity index is 4.19. The van der Waals surface area contributed by atoms with Crippen LogP contribution in [0.25, 0.3) is 0 Å². The number of rotatable bonds is 8. The molecule has 0 rings (SSSR count). The van der Waals surface area contributed by atoms with Crippen molar-refractivity contribution in [2.45, 2.75) is 12.8 Å². The maximum atomic E-state index is 11.4. The molecule has 132 valence electrons. The first-order valence-corrected chi connectivity index (χ1v) is 6.24. The lowest BCUT2D eigenvalue weighted by Crippen LogP contribution is -2.27. The normalized spacial score (nSPS) is 9.33. The summed E-state index contributed by atoms with van der Waals surface area (Å²) in [4.78, 5) is 62.6. The molecule has 0 aliphatic carbocycles. The lowest BCUT2D eigenvalue weighted by Gasteiger charge is -2.02. The van der Waals surface area contributed by atoms with E-state index in [2.05, 4.69) is 19.5 Å². The smallest absolute Gasteiger partial charge is 0.382 e. The van der Waals surface area contributed by atoms with Crippen molar-refractivity contribution in [3.8, 4) is 0 Å². The molecule has 0 heterocycles. The Hall–Kier alpha value is -3.51. The van der Waals surface area contributed by atoms with E-state index in [0.717, 1.165) is 0 Å². The van der Waals surface area contributed by atoms with Crippen LogP contribution in [0.1, 0.15) is 12.8 Å². The minimum absolute atomic E-state index is 0.372. The summed E-state index contributed by atoms with van der Waals surface area (Å²) in [7, 11) is 0. The van der Waals surface area contributed by atoms with E-state index in [1.807, 2.05) is 0 Å². The van der Waals surface area contributed by atoms with Crippen molar-refractivity contribution >= 4 is 41.6 Å². The number of hydrogen-bond donors (Lipinski definition) is 4. The number of nitrogens with two attached hydrogens (primary N) is 4. The van der Waals surface area contributed by atoms with Gasteiger partial charge in [0.15, 0.2) is 11.9 Å². The summed E-state index contributed by atoms with van der Waals surface area (Å²) in [6, 6.07) is 0. The zero-order valence-corrected chi connectivity index (χ0v) is 12.4. The second-order valence-corrected chi connectivity index (χ2v) is 4.01. The predicted molar refractivity (Wildman–Crippen MR) is 77.8 cm³/mol. The topological polar surface area (TPSA) is 233 Å². The van der Waals surface area contributed by atoms with Crippen LogP contribution >= 0.6 is 0 Å². The summed E-state index contributed by atoms with van der Waals surface area (Å²) in [5, 5.41) is 0. The molecule has 0 amide bonds.